The number of ether oxygens (including phenoxy) is 1. The van der Waals surface area contributed by atoms with Crippen LogP contribution in [0.2, 0.25) is 0 Å². The number of likely N-dealkylation sites (tertiary alicyclic amines) is 1. The van der Waals surface area contributed by atoms with Gasteiger partial charge in [0.2, 0.25) is 0 Å². The molecule has 1 unspecified atom stereocenters. The lowest BCUT2D eigenvalue weighted by Crippen LogP contribution is -2.34. The molecule has 0 N–H and O–H groups in total. The quantitative estimate of drug-likeness (QED) is 0.802. The van der Waals surface area contributed by atoms with Gasteiger partial charge in [0, 0.05) is 12.5 Å². The fraction of sp³-hybridized carbons (Fsp3) is 0.667. The van der Waals surface area contributed by atoms with Crippen LogP contribution in [-0.4, -0.2) is 31.6 Å². The highest BCUT2D eigenvalue weighted by Crippen LogP contribution is 2.28. The van der Waals surface area contributed by atoms with Gasteiger partial charge in [-0.15, -0.1) is 0 Å². The van der Waals surface area contributed by atoms with E-state index < -0.39 is 0 Å². The molecule has 0 amide bonds. The van der Waals surface area contributed by atoms with Crippen LogP contribution in [0.25, 0.3) is 0 Å². The van der Waals surface area contributed by atoms with Crippen LogP contribution in [0.15, 0.2) is 24.3 Å². The summed E-state index contributed by atoms with van der Waals surface area (Å²) < 4.78 is 5.97. The Hall–Kier alpha value is -1.02. The Labute approximate surface area is 124 Å². The Morgan fingerprint density at radius 1 is 1.25 bits per heavy atom. The molecule has 1 heterocycles. The van der Waals surface area contributed by atoms with Crippen molar-refractivity contribution in [2.45, 2.75) is 45.4 Å². The first-order chi connectivity index (χ1) is 9.51. The highest BCUT2D eigenvalue weighted by Gasteiger charge is 2.19. The minimum Gasteiger partial charge on any atom is -0.493 e. The summed E-state index contributed by atoms with van der Waals surface area (Å²) in [6.45, 7) is 10.1. The molecule has 0 saturated carbocycles. The summed E-state index contributed by atoms with van der Waals surface area (Å²) in [4.78, 5) is 2.41. The molecule has 112 valence electrons. The average Bonchev–Trinajstić information content (AvgIpc) is 2.46. The van der Waals surface area contributed by atoms with E-state index in [9.17, 15) is 0 Å². The predicted octanol–water partition coefficient (Wildman–Crippen LogP) is 4.09. The molecular weight excluding hydrogens is 246 g/mol. The normalized spacial score (nSPS) is 20.9. The van der Waals surface area contributed by atoms with E-state index in [1.54, 1.807) is 0 Å². The van der Waals surface area contributed by atoms with Crippen molar-refractivity contribution < 1.29 is 4.74 Å². The van der Waals surface area contributed by atoms with Crippen LogP contribution < -0.4 is 4.74 Å². The van der Waals surface area contributed by atoms with Gasteiger partial charge >= 0.3 is 0 Å². The predicted molar refractivity (Wildman–Crippen MR) is 85.5 cm³/mol. The Balaban J connectivity index is 1.88. The molecule has 1 aliphatic rings. The van der Waals surface area contributed by atoms with Crippen LogP contribution in [0.4, 0.5) is 0 Å². The molecule has 2 nitrogen and oxygen atoms in total. The van der Waals surface area contributed by atoms with Crippen LogP contribution in [0.1, 0.15) is 45.6 Å². The number of benzene rings is 1. The lowest BCUT2D eigenvalue weighted by atomic mass is 9.82. The van der Waals surface area contributed by atoms with E-state index in [-0.39, 0.29) is 5.41 Å². The third-order valence-corrected chi connectivity index (χ3v) is 4.73. The molecule has 1 aliphatic heterocycles. The second-order valence-electron chi connectivity index (χ2n) is 6.84. The zero-order valence-electron chi connectivity index (χ0n) is 13.5. The molecule has 0 radical (unpaired) electrons. The molecule has 20 heavy (non-hydrogen) atoms. The topological polar surface area (TPSA) is 12.5 Å². The molecule has 0 bridgehead atoms. The first-order valence-electron chi connectivity index (χ1n) is 7.93. The fourth-order valence-corrected chi connectivity index (χ4v) is 2.83. The standard InChI is InChI=1S/C18H29NO/c1-5-18(2,3)16-8-10-17(11-9-16)20-14-15-7-6-12-19(4)13-15/h8-11,15H,5-7,12-14H2,1-4H3. The third kappa shape index (κ3) is 3.99. The highest BCUT2D eigenvalue weighted by molar-refractivity contribution is 5.31. The Kier molecular flexibility index (Phi) is 5.09. The summed E-state index contributed by atoms with van der Waals surface area (Å²) >= 11 is 0. The van der Waals surface area contributed by atoms with Crippen LogP contribution in [0, 0.1) is 5.92 Å². The van der Waals surface area contributed by atoms with E-state index in [1.807, 2.05) is 0 Å². The lowest BCUT2D eigenvalue weighted by Gasteiger charge is -2.29. The van der Waals surface area contributed by atoms with E-state index in [2.05, 4.69) is 57.0 Å². The summed E-state index contributed by atoms with van der Waals surface area (Å²) in [6, 6.07) is 8.68. The largest absolute Gasteiger partial charge is 0.493 e. The number of hydrogen-bond donors (Lipinski definition) is 0. The lowest BCUT2D eigenvalue weighted by molar-refractivity contribution is 0.150. The second-order valence-corrected chi connectivity index (χ2v) is 6.84. The van der Waals surface area contributed by atoms with E-state index in [0.29, 0.717) is 5.92 Å². The van der Waals surface area contributed by atoms with Crippen molar-refractivity contribution in [2.24, 2.45) is 5.92 Å². The van der Waals surface area contributed by atoms with Crippen molar-refractivity contribution in [2.75, 3.05) is 26.7 Å². The van der Waals surface area contributed by atoms with Gasteiger partial charge in [-0.05, 0) is 56.0 Å². The molecule has 1 atom stereocenters. The molecule has 0 spiro atoms. The van der Waals surface area contributed by atoms with Gasteiger partial charge in [-0.3, -0.25) is 0 Å². The minimum absolute atomic E-state index is 0.255. The first-order valence-corrected chi connectivity index (χ1v) is 7.93. The molecule has 1 saturated heterocycles. The van der Waals surface area contributed by atoms with Crippen molar-refractivity contribution in [3.05, 3.63) is 29.8 Å². The summed E-state index contributed by atoms with van der Waals surface area (Å²) in [5.74, 6) is 1.69. The minimum atomic E-state index is 0.255. The Morgan fingerprint density at radius 2 is 1.95 bits per heavy atom. The highest BCUT2D eigenvalue weighted by atomic mass is 16.5. The Morgan fingerprint density at radius 3 is 2.55 bits per heavy atom. The van der Waals surface area contributed by atoms with Crippen LogP contribution in [0.3, 0.4) is 0 Å². The second kappa shape index (κ2) is 6.62. The van der Waals surface area contributed by atoms with Gasteiger partial charge in [-0.25, -0.2) is 0 Å². The zero-order valence-corrected chi connectivity index (χ0v) is 13.5. The van der Waals surface area contributed by atoms with Crippen molar-refractivity contribution in [3.8, 4) is 5.75 Å². The summed E-state index contributed by atoms with van der Waals surface area (Å²) in [5.41, 5.74) is 1.65. The zero-order chi connectivity index (χ0) is 14.6. The monoisotopic (exact) mass is 275 g/mol. The first kappa shape index (κ1) is 15.4. The smallest absolute Gasteiger partial charge is 0.119 e. The maximum absolute atomic E-state index is 5.97. The van der Waals surface area contributed by atoms with Crippen molar-refractivity contribution in [1.82, 2.24) is 4.90 Å². The number of nitrogens with zero attached hydrogens (tertiary/aromatic N) is 1. The fourth-order valence-electron chi connectivity index (χ4n) is 2.83. The molecule has 1 aromatic carbocycles. The maximum Gasteiger partial charge on any atom is 0.119 e. The van der Waals surface area contributed by atoms with Gasteiger partial charge in [-0.2, -0.15) is 0 Å². The van der Waals surface area contributed by atoms with Gasteiger partial charge in [0.1, 0.15) is 5.75 Å². The van der Waals surface area contributed by atoms with Gasteiger partial charge in [0.15, 0.2) is 0 Å². The van der Waals surface area contributed by atoms with E-state index >= 15 is 0 Å². The van der Waals surface area contributed by atoms with Crippen molar-refractivity contribution in [3.63, 3.8) is 0 Å². The molecule has 2 rings (SSSR count). The molecule has 0 aliphatic carbocycles. The van der Waals surface area contributed by atoms with Crippen LogP contribution >= 0.6 is 0 Å². The van der Waals surface area contributed by atoms with Crippen LogP contribution in [0.5, 0.6) is 5.75 Å². The average molecular weight is 275 g/mol. The molecule has 2 heteroatoms. The van der Waals surface area contributed by atoms with E-state index in [1.165, 1.54) is 31.5 Å². The summed E-state index contributed by atoms with van der Waals surface area (Å²) in [5, 5.41) is 0. The third-order valence-electron chi connectivity index (χ3n) is 4.73. The van der Waals surface area contributed by atoms with Gasteiger partial charge in [0.25, 0.3) is 0 Å². The Bertz CT molecular complexity index is 410. The van der Waals surface area contributed by atoms with E-state index in [0.717, 1.165) is 18.8 Å². The maximum atomic E-state index is 5.97. The molecule has 1 aromatic rings. The summed E-state index contributed by atoms with van der Waals surface area (Å²) in [6.07, 6.45) is 3.75. The number of piperidine rings is 1. The van der Waals surface area contributed by atoms with Crippen molar-refractivity contribution >= 4 is 0 Å². The van der Waals surface area contributed by atoms with Gasteiger partial charge in [0.05, 0.1) is 6.61 Å². The van der Waals surface area contributed by atoms with Gasteiger partial charge < -0.3 is 9.64 Å². The molecular formula is C18H29NO. The SMILES string of the molecule is CCC(C)(C)c1ccc(OCC2CCCN(C)C2)cc1. The molecule has 0 aromatic heterocycles. The summed E-state index contributed by atoms with van der Waals surface area (Å²) in [7, 11) is 2.20. The molecule has 1 fully saturated rings. The van der Waals surface area contributed by atoms with E-state index in [4.69, 9.17) is 4.74 Å². The van der Waals surface area contributed by atoms with Crippen molar-refractivity contribution in [1.29, 1.82) is 0 Å². The number of hydrogen-bond acceptors (Lipinski definition) is 2. The van der Waals surface area contributed by atoms with Crippen LogP contribution in [-0.2, 0) is 5.41 Å². The van der Waals surface area contributed by atoms with Gasteiger partial charge in [-0.1, -0.05) is 32.9 Å². The number of rotatable bonds is 5.